The van der Waals surface area contributed by atoms with Gasteiger partial charge in [0.2, 0.25) is 5.91 Å². The van der Waals surface area contributed by atoms with Gasteiger partial charge in [-0.05, 0) is 32.1 Å². The number of amides is 1. The van der Waals surface area contributed by atoms with Crippen LogP contribution in [-0.2, 0) is 9.53 Å². The smallest absolute Gasteiger partial charge is 0.232 e. The van der Waals surface area contributed by atoms with Crippen LogP contribution in [0.4, 0.5) is 0 Å². The third-order valence-electron chi connectivity index (χ3n) is 4.35. The Kier molecular flexibility index (Phi) is 4.25. The molecular formula is C13H24N2O3. The van der Waals surface area contributed by atoms with Gasteiger partial charge >= 0.3 is 0 Å². The van der Waals surface area contributed by atoms with E-state index in [1.165, 1.54) is 0 Å². The topological polar surface area (TPSA) is 75.8 Å². The zero-order valence-electron chi connectivity index (χ0n) is 11.1. The summed E-state index contributed by atoms with van der Waals surface area (Å²) >= 11 is 0. The van der Waals surface area contributed by atoms with E-state index in [0.717, 1.165) is 32.4 Å². The summed E-state index contributed by atoms with van der Waals surface area (Å²) in [7, 11) is 0. The van der Waals surface area contributed by atoms with Crippen LogP contribution in [0.3, 0.4) is 0 Å². The largest absolute Gasteiger partial charge is 0.396 e. The second-order valence-corrected chi connectivity index (χ2v) is 5.81. The Morgan fingerprint density at radius 3 is 3.00 bits per heavy atom. The van der Waals surface area contributed by atoms with Crippen LogP contribution in [0.15, 0.2) is 0 Å². The molecule has 0 saturated carbocycles. The predicted octanol–water partition coefficient (Wildman–Crippen LogP) is -0.0288. The number of rotatable bonds is 3. The van der Waals surface area contributed by atoms with E-state index in [2.05, 4.69) is 0 Å². The quantitative estimate of drug-likeness (QED) is 0.743. The molecule has 1 amide bonds. The van der Waals surface area contributed by atoms with E-state index >= 15 is 0 Å². The lowest BCUT2D eigenvalue weighted by Gasteiger charge is -2.38. The van der Waals surface area contributed by atoms with E-state index in [-0.39, 0.29) is 18.6 Å². The third-order valence-corrected chi connectivity index (χ3v) is 4.35. The van der Waals surface area contributed by atoms with Crippen LogP contribution in [0.1, 0.15) is 26.2 Å². The van der Waals surface area contributed by atoms with Gasteiger partial charge in [0.15, 0.2) is 0 Å². The fourth-order valence-electron chi connectivity index (χ4n) is 2.94. The molecule has 2 aliphatic rings. The Hall–Kier alpha value is -0.650. The van der Waals surface area contributed by atoms with Gasteiger partial charge in [-0.1, -0.05) is 0 Å². The number of nitrogens with two attached hydrogens (primary N) is 1. The second-order valence-electron chi connectivity index (χ2n) is 5.81. The third kappa shape index (κ3) is 2.53. The van der Waals surface area contributed by atoms with Crippen LogP contribution >= 0.6 is 0 Å². The Balaban J connectivity index is 2.00. The summed E-state index contributed by atoms with van der Waals surface area (Å²) in [6, 6.07) is -0.205. The highest BCUT2D eigenvalue weighted by atomic mass is 16.5. The number of ether oxygens (including phenoxy) is 1. The van der Waals surface area contributed by atoms with Crippen LogP contribution in [-0.4, -0.2) is 54.9 Å². The molecule has 0 aromatic heterocycles. The van der Waals surface area contributed by atoms with Crippen molar-refractivity contribution in [2.24, 2.45) is 17.1 Å². The van der Waals surface area contributed by atoms with Crippen LogP contribution in [0, 0.1) is 11.3 Å². The molecule has 0 aliphatic carbocycles. The fourth-order valence-corrected chi connectivity index (χ4v) is 2.94. The number of hydrogen-bond acceptors (Lipinski definition) is 4. The number of nitrogens with zero attached hydrogens (tertiary/aromatic N) is 1. The molecular weight excluding hydrogens is 232 g/mol. The predicted molar refractivity (Wildman–Crippen MR) is 67.9 cm³/mol. The number of piperidine rings is 1. The number of carbonyl (C=O) groups is 1. The normalized spacial score (nSPS) is 36.9. The van der Waals surface area contributed by atoms with Crippen LogP contribution in [0.5, 0.6) is 0 Å². The van der Waals surface area contributed by atoms with Gasteiger partial charge in [0.1, 0.15) is 0 Å². The van der Waals surface area contributed by atoms with Crippen LogP contribution in [0.2, 0.25) is 0 Å². The van der Waals surface area contributed by atoms with E-state index in [1.54, 1.807) is 0 Å². The lowest BCUT2D eigenvalue weighted by atomic mass is 9.83. The van der Waals surface area contributed by atoms with E-state index in [4.69, 9.17) is 15.6 Å². The minimum absolute atomic E-state index is 0.120. The molecule has 0 aromatic rings. The summed E-state index contributed by atoms with van der Waals surface area (Å²) in [5.41, 5.74) is 5.43. The van der Waals surface area contributed by atoms with E-state index < -0.39 is 5.41 Å². The maximum Gasteiger partial charge on any atom is 0.232 e. The number of hydrogen-bond donors (Lipinski definition) is 2. The highest BCUT2D eigenvalue weighted by Crippen LogP contribution is 2.31. The van der Waals surface area contributed by atoms with Crippen molar-refractivity contribution >= 4 is 5.91 Å². The summed E-state index contributed by atoms with van der Waals surface area (Å²) in [5, 5.41) is 9.00. The SMILES string of the molecule is CC1(C(=O)N2CCCC(CCO)C2)COCC1N. The zero-order valence-corrected chi connectivity index (χ0v) is 11.1. The molecule has 3 unspecified atom stereocenters. The van der Waals surface area contributed by atoms with Gasteiger partial charge in [-0.3, -0.25) is 4.79 Å². The summed E-state index contributed by atoms with van der Waals surface area (Å²) in [4.78, 5) is 14.5. The molecule has 2 heterocycles. The molecule has 3 atom stereocenters. The van der Waals surface area contributed by atoms with Crippen molar-refractivity contribution < 1.29 is 14.6 Å². The second kappa shape index (κ2) is 5.55. The fraction of sp³-hybridized carbons (Fsp3) is 0.923. The molecule has 0 radical (unpaired) electrons. The molecule has 2 fully saturated rings. The first kappa shape index (κ1) is 13.8. The molecule has 104 valence electrons. The van der Waals surface area contributed by atoms with Crippen molar-refractivity contribution in [2.75, 3.05) is 32.9 Å². The Morgan fingerprint density at radius 2 is 2.39 bits per heavy atom. The number of carbonyl (C=O) groups excluding carboxylic acids is 1. The molecule has 0 spiro atoms. The summed E-state index contributed by atoms with van der Waals surface area (Å²) in [6.45, 7) is 4.56. The highest BCUT2D eigenvalue weighted by Gasteiger charge is 2.46. The number of aliphatic hydroxyl groups excluding tert-OH is 1. The van der Waals surface area contributed by atoms with E-state index in [0.29, 0.717) is 19.1 Å². The first-order chi connectivity index (χ1) is 8.58. The molecule has 3 N–H and O–H groups in total. The number of aliphatic hydroxyl groups is 1. The van der Waals surface area contributed by atoms with Crippen molar-refractivity contribution in [3.63, 3.8) is 0 Å². The zero-order chi connectivity index (χ0) is 13.2. The van der Waals surface area contributed by atoms with Gasteiger partial charge in [0, 0.05) is 25.7 Å². The van der Waals surface area contributed by atoms with Crippen molar-refractivity contribution in [3.8, 4) is 0 Å². The van der Waals surface area contributed by atoms with Gasteiger partial charge in [-0.15, -0.1) is 0 Å². The number of likely N-dealkylation sites (tertiary alicyclic amines) is 1. The van der Waals surface area contributed by atoms with E-state index in [1.807, 2.05) is 11.8 Å². The first-order valence-corrected chi connectivity index (χ1v) is 6.81. The standard InChI is InChI=1S/C13H24N2O3/c1-13(9-18-8-11(13)14)12(17)15-5-2-3-10(7-15)4-6-16/h10-11,16H,2-9,14H2,1H3. The van der Waals surface area contributed by atoms with Crippen molar-refractivity contribution in [2.45, 2.75) is 32.2 Å². The molecule has 5 nitrogen and oxygen atoms in total. The Morgan fingerprint density at radius 1 is 1.61 bits per heavy atom. The molecule has 0 bridgehead atoms. The Bertz CT molecular complexity index is 309. The average molecular weight is 256 g/mol. The first-order valence-electron chi connectivity index (χ1n) is 6.81. The molecule has 2 aliphatic heterocycles. The minimum Gasteiger partial charge on any atom is -0.396 e. The van der Waals surface area contributed by atoms with Crippen molar-refractivity contribution in [1.82, 2.24) is 4.90 Å². The monoisotopic (exact) mass is 256 g/mol. The summed E-state index contributed by atoms with van der Waals surface area (Å²) < 4.78 is 5.35. The average Bonchev–Trinajstić information content (AvgIpc) is 2.71. The summed E-state index contributed by atoms with van der Waals surface area (Å²) in [5.74, 6) is 0.546. The molecule has 2 rings (SSSR count). The lowest BCUT2D eigenvalue weighted by Crippen LogP contribution is -2.53. The van der Waals surface area contributed by atoms with Crippen molar-refractivity contribution in [1.29, 1.82) is 0 Å². The molecule has 5 heteroatoms. The Labute approximate surface area is 108 Å². The van der Waals surface area contributed by atoms with Gasteiger partial charge in [-0.25, -0.2) is 0 Å². The van der Waals surface area contributed by atoms with E-state index in [9.17, 15) is 4.79 Å². The highest BCUT2D eigenvalue weighted by molar-refractivity contribution is 5.83. The maximum atomic E-state index is 12.6. The maximum absolute atomic E-state index is 12.6. The molecule has 0 aromatic carbocycles. The van der Waals surface area contributed by atoms with Gasteiger partial charge < -0.3 is 20.5 Å². The van der Waals surface area contributed by atoms with Gasteiger partial charge in [0.25, 0.3) is 0 Å². The summed E-state index contributed by atoms with van der Waals surface area (Å²) in [6.07, 6.45) is 2.90. The van der Waals surface area contributed by atoms with Crippen LogP contribution < -0.4 is 5.73 Å². The lowest BCUT2D eigenvalue weighted by molar-refractivity contribution is -0.143. The van der Waals surface area contributed by atoms with Gasteiger partial charge in [0.05, 0.1) is 18.6 Å². The van der Waals surface area contributed by atoms with Crippen molar-refractivity contribution in [3.05, 3.63) is 0 Å². The van der Waals surface area contributed by atoms with Gasteiger partial charge in [-0.2, -0.15) is 0 Å². The minimum atomic E-state index is -0.568. The molecule has 2 saturated heterocycles. The van der Waals surface area contributed by atoms with Crippen LogP contribution in [0.25, 0.3) is 0 Å². The molecule has 18 heavy (non-hydrogen) atoms.